The molecule has 2 heterocycles. The summed E-state index contributed by atoms with van der Waals surface area (Å²) in [5, 5.41) is 0. The van der Waals surface area contributed by atoms with Crippen LogP contribution in [0.3, 0.4) is 0 Å². The molecule has 0 atom stereocenters. The highest BCUT2D eigenvalue weighted by Crippen LogP contribution is 2.09. The van der Waals surface area contributed by atoms with Crippen LogP contribution < -0.4 is 0 Å². The molecule has 1 saturated heterocycles. The molecule has 0 radical (unpaired) electrons. The minimum atomic E-state index is 0.0636. The van der Waals surface area contributed by atoms with Crippen LogP contribution in [0.15, 0.2) is 35.2 Å². The highest BCUT2D eigenvalue weighted by molar-refractivity contribution is 5.93. The molecule has 0 aliphatic carbocycles. The summed E-state index contributed by atoms with van der Waals surface area (Å²) in [6.07, 6.45) is 3.03. The maximum Gasteiger partial charge on any atom is 0.257 e. The van der Waals surface area contributed by atoms with E-state index in [2.05, 4.69) is 11.5 Å². The molecule has 1 fully saturated rings. The summed E-state index contributed by atoms with van der Waals surface area (Å²) in [4.78, 5) is 16.2. The largest absolute Gasteiger partial charge is 0.472 e. The van der Waals surface area contributed by atoms with Crippen LogP contribution in [0, 0.1) is 0 Å². The summed E-state index contributed by atoms with van der Waals surface area (Å²) >= 11 is 0. The van der Waals surface area contributed by atoms with Crippen molar-refractivity contribution in [2.75, 3.05) is 32.7 Å². The van der Waals surface area contributed by atoms with E-state index in [1.54, 1.807) is 6.07 Å². The van der Waals surface area contributed by atoms with Crippen molar-refractivity contribution in [3.63, 3.8) is 0 Å². The zero-order chi connectivity index (χ0) is 12.3. The average molecular weight is 234 g/mol. The van der Waals surface area contributed by atoms with Gasteiger partial charge in [0, 0.05) is 32.7 Å². The van der Waals surface area contributed by atoms with Crippen molar-refractivity contribution in [1.29, 1.82) is 0 Å². The molecule has 92 valence electrons. The number of hydrogen-bond acceptors (Lipinski definition) is 3. The number of furan rings is 1. The molecular weight excluding hydrogens is 216 g/mol. The van der Waals surface area contributed by atoms with E-state index in [1.807, 2.05) is 11.8 Å². The van der Waals surface area contributed by atoms with Gasteiger partial charge in [-0.15, -0.1) is 0 Å². The lowest BCUT2D eigenvalue weighted by atomic mass is 10.2. The van der Waals surface area contributed by atoms with E-state index in [0.29, 0.717) is 5.56 Å². The Balaban J connectivity index is 1.87. The Morgan fingerprint density at radius 3 is 2.65 bits per heavy atom. The van der Waals surface area contributed by atoms with E-state index >= 15 is 0 Å². The van der Waals surface area contributed by atoms with Crippen molar-refractivity contribution < 1.29 is 9.21 Å². The highest BCUT2D eigenvalue weighted by Gasteiger charge is 2.22. The van der Waals surface area contributed by atoms with Crippen LogP contribution in [0.4, 0.5) is 0 Å². The van der Waals surface area contributed by atoms with Crippen molar-refractivity contribution in [3.8, 4) is 0 Å². The predicted molar refractivity (Wildman–Crippen MR) is 65.9 cm³/mol. The summed E-state index contributed by atoms with van der Waals surface area (Å²) in [5.41, 5.74) is 1.80. The van der Waals surface area contributed by atoms with E-state index < -0.39 is 0 Å². The van der Waals surface area contributed by atoms with Crippen LogP contribution >= 0.6 is 0 Å². The summed E-state index contributed by atoms with van der Waals surface area (Å²) in [6.45, 7) is 10.2. The fraction of sp³-hybridized carbons (Fsp3) is 0.462. The fourth-order valence-electron chi connectivity index (χ4n) is 2.06. The first-order valence-electron chi connectivity index (χ1n) is 5.85. The number of hydrogen-bond donors (Lipinski definition) is 0. The van der Waals surface area contributed by atoms with Crippen LogP contribution in [0.1, 0.15) is 17.3 Å². The van der Waals surface area contributed by atoms with Gasteiger partial charge in [-0.1, -0.05) is 12.2 Å². The molecular formula is C13H18N2O2. The zero-order valence-corrected chi connectivity index (χ0v) is 10.2. The molecule has 0 N–H and O–H groups in total. The fourth-order valence-corrected chi connectivity index (χ4v) is 2.06. The zero-order valence-electron chi connectivity index (χ0n) is 10.2. The molecule has 0 spiro atoms. The lowest BCUT2D eigenvalue weighted by Gasteiger charge is -2.34. The molecule has 1 aromatic heterocycles. The van der Waals surface area contributed by atoms with Crippen LogP contribution in [0.5, 0.6) is 0 Å². The summed E-state index contributed by atoms with van der Waals surface area (Å²) in [6, 6.07) is 1.71. The minimum absolute atomic E-state index is 0.0636. The van der Waals surface area contributed by atoms with Gasteiger partial charge in [0.15, 0.2) is 0 Å². The Morgan fingerprint density at radius 2 is 2.12 bits per heavy atom. The number of carbonyl (C=O) groups excluding carboxylic acids is 1. The van der Waals surface area contributed by atoms with Crippen molar-refractivity contribution >= 4 is 5.91 Å². The van der Waals surface area contributed by atoms with Crippen molar-refractivity contribution in [2.24, 2.45) is 0 Å². The van der Waals surface area contributed by atoms with Crippen molar-refractivity contribution in [2.45, 2.75) is 6.92 Å². The number of piperazine rings is 1. The summed E-state index contributed by atoms with van der Waals surface area (Å²) < 4.78 is 4.93. The lowest BCUT2D eigenvalue weighted by Crippen LogP contribution is -2.48. The first-order chi connectivity index (χ1) is 8.16. The molecule has 4 nitrogen and oxygen atoms in total. The molecule has 0 aromatic carbocycles. The van der Waals surface area contributed by atoms with Gasteiger partial charge in [-0.2, -0.15) is 0 Å². The second-order valence-corrected chi connectivity index (χ2v) is 4.54. The number of carbonyl (C=O) groups is 1. The van der Waals surface area contributed by atoms with E-state index in [1.165, 1.54) is 18.1 Å². The van der Waals surface area contributed by atoms with E-state index in [-0.39, 0.29) is 5.91 Å². The molecule has 1 amide bonds. The minimum Gasteiger partial charge on any atom is -0.472 e. The standard InChI is InChI=1S/C13H18N2O2/c1-11(2)9-14-4-6-15(7-5-14)13(16)12-3-8-17-10-12/h3,8,10H,1,4-7,9H2,2H3. The predicted octanol–water partition coefficient (Wildman–Crippen LogP) is 1.61. The van der Waals surface area contributed by atoms with Crippen molar-refractivity contribution in [3.05, 3.63) is 36.3 Å². The molecule has 1 aliphatic heterocycles. The molecule has 4 heteroatoms. The molecule has 2 rings (SSSR count). The third kappa shape index (κ3) is 2.97. The van der Waals surface area contributed by atoms with Gasteiger partial charge >= 0.3 is 0 Å². The first-order valence-corrected chi connectivity index (χ1v) is 5.85. The average Bonchev–Trinajstić information content (AvgIpc) is 2.82. The van der Waals surface area contributed by atoms with Crippen molar-refractivity contribution in [1.82, 2.24) is 9.80 Å². The van der Waals surface area contributed by atoms with Gasteiger partial charge in [-0.25, -0.2) is 0 Å². The van der Waals surface area contributed by atoms with Crippen LogP contribution in [-0.4, -0.2) is 48.4 Å². The van der Waals surface area contributed by atoms with Crippen LogP contribution in [0.2, 0.25) is 0 Å². The Hall–Kier alpha value is -1.55. The topological polar surface area (TPSA) is 36.7 Å². The lowest BCUT2D eigenvalue weighted by molar-refractivity contribution is 0.0647. The Kier molecular flexibility index (Phi) is 3.64. The van der Waals surface area contributed by atoms with E-state index in [4.69, 9.17) is 4.42 Å². The number of amides is 1. The maximum atomic E-state index is 12.0. The van der Waals surface area contributed by atoms with E-state index in [0.717, 1.165) is 32.7 Å². The molecule has 1 aliphatic rings. The molecule has 0 bridgehead atoms. The Morgan fingerprint density at radius 1 is 1.41 bits per heavy atom. The van der Waals surface area contributed by atoms with Crippen LogP contribution in [-0.2, 0) is 0 Å². The van der Waals surface area contributed by atoms with E-state index in [9.17, 15) is 4.79 Å². The second kappa shape index (κ2) is 5.19. The Labute approximate surface area is 101 Å². The first kappa shape index (κ1) is 11.9. The third-order valence-corrected chi connectivity index (χ3v) is 2.92. The normalized spacial score (nSPS) is 17.1. The monoisotopic (exact) mass is 234 g/mol. The SMILES string of the molecule is C=C(C)CN1CCN(C(=O)c2ccoc2)CC1. The molecule has 0 saturated carbocycles. The van der Waals surface area contributed by atoms with Gasteiger partial charge in [-0.3, -0.25) is 9.69 Å². The molecule has 0 unspecified atom stereocenters. The van der Waals surface area contributed by atoms with Gasteiger partial charge < -0.3 is 9.32 Å². The van der Waals surface area contributed by atoms with Gasteiger partial charge in [0.2, 0.25) is 0 Å². The van der Waals surface area contributed by atoms with Gasteiger partial charge in [0.05, 0.1) is 11.8 Å². The quantitative estimate of drug-likeness (QED) is 0.746. The highest BCUT2D eigenvalue weighted by atomic mass is 16.3. The number of rotatable bonds is 3. The third-order valence-electron chi connectivity index (χ3n) is 2.92. The second-order valence-electron chi connectivity index (χ2n) is 4.54. The van der Waals surface area contributed by atoms with Gasteiger partial charge in [0.25, 0.3) is 5.91 Å². The Bertz CT molecular complexity index is 390. The van der Waals surface area contributed by atoms with Gasteiger partial charge in [-0.05, 0) is 13.0 Å². The number of nitrogens with zero attached hydrogens (tertiary/aromatic N) is 2. The summed E-state index contributed by atoms with van der Waals surface area (Å²) in [7, 11) is 0. The smallest absolute Gasteiger partial charge is 0.257 e. The maximum absolute atomic E-state index is 12.0. The van der Waals surface area contributed by atoms with Gasteiger partial charge in [0.1, 0.15) is 6.26 Å². The molecule has 17 heavy (non-hydrogen) atoms. The molecule has 1 aromatic rings. The van der Waals surface area contributed by atoms with Crippen LogP contribution in [0.25, 0.3) is 0 Å². The summed E-state index contributed by atoms with van der Waals surface area (Å²) in [5.74, 6) is 0.0636.